The number of para-hydroxylation sites is 3. The van der Waals surface area contributed by atoms with Crippen LogP contribution < -0.4 is 9.30 Å². The molecule has 1 aliphatic rings. The Hall–Kier alpha value is -11.4. The molecule has 1 aliphatic heterocycles. The number of benzene rings is 13. The summed E-state index contributed by atoms with van der Waals surface area (Å²) in [6.45, 7) is 6.44. The van der Waals surface area contributed by atoms with E-state index in [0.29, 0.717) is 84.1 Å². The molecular formula is C88H58N4O2Pt-2. The van der Waals surface area contributed by atoms with E-state index in [2.05, 4.69) is 55.9 Å². The van der Waals surface area contributed by atoms with Crippen LogP contribution in [0.1, 0.15) is 51.0 Å². The van der Waals surface area contributed by atoms with Gasteiger partial charge in [0.25, 0.3) is 6.33 Å². The molecule has 6 nitrogen and oxygen atoms in total. The maximum atomic E-state index is 10.5. The third-order valence-electron chi connectivity index (χ3n) is 17.5. The van der Waals surface area contributed by atoms with E-state index < -0.39 is 131 Å². The number of furan rings is 1. The topological polar surface area (TPSA) is 49.0 Å². The molecule has 0 bridgehead atoms. The largest absolute Gasteiger partial charge is 0.510 e. The Morgan fingerprint density at radius 2 is 1.07 bits per heavy atom. The summed E-state index contributed by atoms with van der Waals surface area (Å²) < 4.78 is 187. The number of aromatic nitrogens is 4. The van der Waals surface area contributed by atoms with Crippen molar-refractivity contribution in [3.05, 3.63) is 321 Å². The van der Waals surface area contributed by atoms with Gasteiger partial charge in [0.05, 0.1) is 41.4 Å². The van der Waals surface area contributed by atoms with Gasteiger partial charge in [-0.15, -0.1) is 29.7 Å². The quantitative estimate of drug-likeness (QED) is 0.107. The first-order valence-corrected chi connectivity index (χ1v) is 30.5. The molecule has 5 heterocycles. The zero-order chi connectivity index (χ0) is 78.3. The Balaban J connectivity index is 0.00000924. The van der Waals surface area contributed by atoms with Crippen molar-refractivity contribution in [1.29, 1.82) is 0 Å². The van der Waals surface area contributed by atoms with Gasteiger partial charge < -0.3 is 18.3 Å². The van der Waals surface area contributed by atoms with Crippen molar-refractivity contribution in [3.63, 3.8) is 0 Å². The summed E-state index contributed by atoms with van der Waals surface area (Å²) in [7, 11) is 0. The van der Waals surface area contributed by atoms with Crippen LogP contribution in [0.15, 0.2) is 301 Å². The molecule has 13 aromatic carbocycles. The van der Waals surface area contributed by atoms with Crippen LogP contribution >= 0.6 is 0 Å². The fourth-order valence-electron chi connectivity index (χ4n) is 13.2. The third kappa shape index (κ3) is 9.82. The van der Waals surface area contributed by atoms with Crippen molar-refractivity contribution >= 4 is 54.8 Å². The van der Waals surface area contributed by atoms with Gasteiger partial charge in [-0.1, -0.05) is 226 Å². The van der Waals surface area contributed by atoms with Crippen molar-refractivity contribution < 1.29 is 59.5 Å². The zero-order valence-corrected chi connectivity index (χ0v) is 53.1. The van der Waals surface area contributed by atoms with Gasteiger partial charge >= 0.3 is 0 Å². The van der Waals surface area contributed by atoms with Crippen molar-refractivity contribution in [1.82, 2.24) is 14.1 Å². The predicted octanol–water partition coefficient (Wildman–Crippen LogP) is 22.4. The zero-order valence-electron chi connectivity index (χ0n) is 68.8. The summed E-state index contributed by atoms with van der Waals surface area (Å²) in [6.07, 6.45) is 5.59. The molecule has 17 aromatic rings. The first-order chi connectivity index (χ1) is 53.7. The number of imidazole rings is 1. The first kappa shape index (κ1) is 41.2. The number of hydrogen-bond acceptors (Lipinski definition) is 3. The molecule has 0 aliphatic carbocycles. The molecule has 0 amide bonds. The van der Waals surface area contributed by atoms with Gasteiger partial charge in [-0.05, 0) is 172 Å². The second-order valence-electron chi connectivity index (χ2n) is 24.0. The van der Waals surface area contributed by atoms with Gasteiger partial charge in [-0.3, -0.25) is 4.57 Å². The molecule has 95 heavy (non-hydrogen) atoms. The Morgan fingerprint density at radius 1 is 0.453 bits per heavy atom. The monoisotopic (exact) mass is 1420 g/mol. The van der Waals surface area contributed by atoms with Crippen molar-refractivity contribution in [2.45, 2.75) is 26.2 Å². The van der Waals surface area contributed by atoms with Gasteiger partial charge in [0.1, 0.15) is 17.0 Å². The summed E-state index contributed by atoms with van der Waals surface area (Å²) in [5.74, 6) is 1.24. The molecule has 18 rings (SSSR count). The predicted molar refractivity (Wildman–Crippen MR) is 383 cm³/mol. The van der Waals surface area contributed by atoms with Gasteiger partial charge in [-0.25, -0.2) is 4.98 Å². The Bertz CT molecular complexity index is 6860. The summed E-state index contributed by atoms with van der Waals surface area (Å²) >= 11 is 0. The van der Waals surface area contributed by atoms with Gasteiger partial charge in [0.2, 0.25) is 0 Å². The molecule has 0 unspecified atom stereocenters. The van der Waals surface area contributed by atoms with Gasteiger partial charge in [0, 0.05) is 55.1 Å². The SMILES string of the molecule is [2H]c1c([2H])c([2H])c(-c2cccc3c2-c2ccccc2-c2cc(-c4c([2H])c(-c5c([2H])c([2H])c([2H])c([2H])c5[2H])c([2H])c(-c5c([2H])c([2H])c([2H])c([2H])c5[2H])c4[2H])cc4c2[n+]([c-]n4-c2[c-]c(Oc4[c-]c5c(cc4)c4ccccc4n5-c4cc(C(C)(C)C)ccn4)ccc2)-c2c(-c4ccc5oc6ccccc6c5c4)cccc2-3)c([2H])c1[2H].[Pt]. The van der Waals surface area contributed by atoms with Crippen molar-refractivity contribution in [3.8, 4) is 118 Å². The molecule has 0 atom stereocenters. The smallest absolute Gasteiger partial charge is 0.268 e. The minimum Gasteiger partial charge on any atom is -0.510 e. The molecule has 7 heteroatoms. The fraction of sp³-hybridized carbons (Fsp3) is 0.0455. The van der Waals surface area contributed by atoms with E-state index in [1.807, 2.05) is 120 Å². The number of nitrogens with zero attached hydrogens (tertiary/aromatic N) is 4. The summed E-state index contributed by atoms with van der Waals surface area (Å²) in [4.78, 5) is 4.89. The van der Waals surface area contributed by atoms with E-state index in [0.717, 1.165) is 38.2 Å². The van der Waals surface area contributed by atoms with E-state index in [4.69, 9.17) is 26.5 Å². The van der Waals surface area contributed by atoms with Gasteiger partial charge in [-0.2, -0.15) is 18.2 Å². The Labute approximate surface area is 590 Å². The first-order valence-electron chi connectivity index (χ1n) is 39.5. The number of fused-ring (bicyclic) bond motifs is 13. The molecule has 454 valence electrons. The van der Waals surface area contributed by atoms with Crippen LogP contribution in [0.4, 0.5) is 0 Å². The number of hydrogen-bond donors (Lipinski definition) is 0. The second-order valence-corrected chi connectivity index (χ2v) is 24.0. The Kier molecular flexibility index (Phi) is 9.98. The molecule has 0 radical (unpaired) electrons. The van der Waals surface area contributed by atoms with E-state index in [9.17, 15) is 12.3 Å². The molecular weight excluding hydrogens is 1340 g/mol. The summed E-state index contributed by atoms with van der Waals surface area (Å²) in [5, 5.41) is 3.54. The molecule has 0 saturated heterocycles. The van der Waals surface area contributed by atoms with Crippen molar-refractivity contribution in [2.24, 2.45) is 0 Å². The molecule has 0 saturated carbocycles. The van der Waals surface area contributed by atoms with Crippen LogP contribution in [0.3, 0.4) is 0 Å². The van der Waals surface area contributed by atoms with E-state index >= 15 is 0 Å². The third-order valence-corrected chi connectivity index (χ3v) is 17.5. The average molecular weight is 1420 g/mol. The summed E-state index contributed by atoms with van der Waals surface area (Å²) in [6, 6.07) is 50.9. The van der Waals surface area contributed by atoms with Crippen LogP contribution in [-0.4, -0.2) is 14.1 Å². The minimum absolute atomic E-state index is 0. The number of rotatable bonds is 9. The van der Waals surface area contributed by atoms with E-state index in [1.54, 1.807) is 65.4 Å². The van der Waals surface area contributed by atoms with E-state index in [1.165, 1.54) is 0 Å². The standard InChI is InChI=1S/C88H58N4O2.Pt/c1-88(2,3)64-44-45-89-84(52-64)92-79-38-17-15-31-71(79)72-42-41-67(54-80(72)92)93-66-29-19-28-65(53-66)90-55-91-86-69(59-40-43-83-77(49-59)73-32-16-18-39-82(73)94-83)35-21-37-76(86)75-36-20-34-68(58-26-11-6-12-27-58)85(75)74-33-14-13-30-70(74)78-50-63(51-81(90)87(78)91)62-47-60(56-22-7-4-8-23-56)46-61(48-62)57-24-9-5-10-25-57;/h4-52H,1-3H3;/q-2;/i4D,5D,6D,7D,8D,9D,10D,11D,12D,22D,23D,24D,25D,26D,27D,46D,47D,48D;. The minimum atomic E-state index is -0.832. The molecule has 0 spiro atoms. The molecule has 0 N–H and O–H groups in total. The normalized spacial score (nSPS) is 14.5. The molecule has 0 fully saturated rings. The number of pyridine rings is 1. The Morgan fingerprint density at radius 3 is 1.83 bits per heavy atom. The van der Waals surface area contributed by atoms with Crippen LogP contribution in [0, 0.1) is 18.5 Å². The van der Waals surface area contributed by atoms with Crippen molar-refractivity contribution in [2.75, 3.05) is 0 Å². The summed E-state index contributed by atoms with van der Waals surface area (Å²) in [5.41, 5.74) is 6.83. The fourth-order valence-corrected chi connectivity index (χ4v) is 13.2. The average Bonchev–Trinajstić information content (AvgIpc) is 1.51. The maximum Gasteiger partial charge on any atom is 0.268 e. The van der Waals surface area contributed by atoms with Crippen LogP contribution in [0.5, 0.6) is 11.5 Å². The van der Waals surface area contributed by atoms with Crippen LogP contribution in [-0.2, 0) is 26.5 Å². The van der Waals surface area contributed by atoms with Crippen LogP contribution in [0.25, 0.3) is 161 Å². The van der Waals surface area contributed by atoms with Crippen LogP contribution in [0.2, 0.25) is 0 Å². The maximum absolute atomic E-state index is 10.5. The molecule has 4 aromatic heterocycles. The van der Waals surface area contributed by atoms with E-state index in [-0.39, 0.29) is 60.0 Å². The van der Waals surface area contributed by atoms with Gasteiger partial charge in [0.15, 0.2) is 0 Å². The second kappa shape index (κ2) is 23.0. The number of ether oxygens (including phenoxy) is 1.